The lowest BCUT2D eigenvalue weighted by atomic mass is 10.3. The summed E-state index contributed by atoms with van der Waals surface area (Å²) in [7, 11) is 0. The van der Waals surface area contributed by atoms with Crippen molar-refractivity contribution in [2.75, 3.05) is 5.32 Å². The molecular weight excluding hydrogens is 248 g/mol. The maximum atomic E-state index is 10.7. The smallest absolute Gasteiger partial charge is 0.221 e. The molecule has 0 aliphatic carbocycles. The van der Waals surface area contributed by atoms with Crippen LogP contribution in [0.15, 0.2) is 6.07 Å². The number of halogens is 3. The van der Waals surface area contributed by atoms with Gasteiger partial charge in [0.2, 0.25) is 5.91 Å². The highest BCUT2D eigenvalue weighted by atomic mass is 35.5. The maximum Gasteiger partial charge on any atom is 0.221 e. The van der Waals surface area contributed by atoms with Gasteiger partial charge in [-0.15, -0.1) is 0 Å². The fourth-order valence-electron chi connectivity index (χ4n) is 0.870. The zero-order valence-corrected chi connectivity index (χ0v) is 9.33. The second-order valence-corrected chi connectivity index (χ2v) is 3.73. The van der Waals surface area contributed by atoms with Crippen LogP contribution in [0.25, 0.3) is 0 Å². The largest absolute Gasteiger partial charge is 0.504 e. The number of nitrogens with one attached hydrogen (secondary N) is 1. The standard InChI is InChI=1S/C8H6Cl3NO2/c1-3(13)12-5-2-4(9)6(10)7(11)8(5)14/h2,14H,1H3,(H,12,13). The van der Waals surface area contributed by atoms with Crippen molar-refractivity contribution in [3.8, 4) is 5.75 Å². The predicted molar refractivity (Wildman–Crippen MR) is 57.4 cm³/mol. The molecule has 0 aliphatic rings. The van der Waals surface area contributed by atoms with Gasteiger partial charge in [-0.05, 0) is 6.07 Å². The van der Waals surface area contributed by atoms with Crippen LogP contribution in [0.3, 0.4) is 0 Å². The first-order valence-electron chi connectivity index (χ1n) is 3.57. The Morgan fingerprint density at radius 2 is 1.93 bits per heavy atom. The van der Waals surface area contributed by atoms with Crippen LogP contribution >= 0.6 is 34.8 Å². The van der Waals surface area contributed by atoms with Gasteiger partial charge >= 0.3 is 0 Å². The SMILES string of the molecule is CC(=O)Nc1cc(Cl)c(Cl)c(Cl)c1O. The van der Waals surface area contributed by atoms with Crippen molar-refractivity contribution >= 4 is 46.4 Å². The van der Waals surface area contributed by atoms with Crippen molar-refractivity contribution in [2.24, 2.45) is 0 Å². The van der Waals surface area contributed by atoms with Crippen molar-refractivity contribution in [3.05, 3.63) is 21.1 Å². The van der Waals surface area contributed by atoms with E-state index >= 15 is 0 Å². The summed E-state index contributed by atoms with van der Waals surface area (Å²) in [4.78, 5) is 10.7. The fourth-order valence-corrected chi connectivity index (χ4v) is 1.47. The van der Waals surface area contributed by atoms with Gasteiger partial charge in [0.25, 0.3) is 0 Å². The zero-order valence-electron chi connectivity index (χ0n) is 7.07. The highest BCUT2D eigenvalue weighted by Crippen LogP contribution is 2.41. The number of hydrogen-bond donors (Lipinski definition) is 2. The summed E-state index contributed by atoms with van der Waals surface area (Å²) in [5.41, 5.74) is 0.136. The van der Waals surface area contributed by atoms with Gasteiger partial charge in [0, 0.05) is 6.92 Å². The van der Waals surface area contributed by atoms with E-state index < -0.39 is 0 Å². The monoisotopic (exact) mass is 253 g/mol. The highest BCUT2D eigenvalue weighted by molar-refractivity contribution is 6.49. The summed E-state index contributed by atoms with van der Waals surface area (Å²) in [6, 6.07) is 1.33. The fraction of sp³-hybridized carbons (Fsp3) is 0.125. The van der Waals surface area contributed by atoms with E-state index in [0.29, 0.717) is 0 Å². The molecular formula is C8H6Cl3NO2. The molecule has 1 aromatic rings. The quantitative estimate of drug-likeness (QED) is 0.597. The summed E-state index contributed by atoms with van der Waals surface area (Å²) >= 11 is 17.0. The molecule has 0 saturated carbocycles. The molecule has 6 heteroatoms. The van der Waals surface area contributed by atoms with Crippen molar-refractivity contribution in [2.45, 2.75) is 6.92 Å². The second kappa shape index (κ2) is 4.26. The van der Waals surface area contributed by atoms with Crippen LogP contribution in [0.1, 0.15) is 6.92 Å². The van der Waals surface area contributed by atoms with Crippen LogP contribution in [0.4, 0.5) is 5.69 Å². The minimum Gasteiger partial charge on any atom is -0.504 e. The molecule has 0 aromatic heterocycles. The summed E-state index contributed by atoms with van der Waals surface area (Å²) in [6.07, 6.45) is 0. The molecule has 0 spiro atoms. The molecule has 0 fully saturated rings. The van der Waals surface area contributed by atoms with Gasteiger partial charge in [-0.25, -0.2) is 0 Å². The van der Waals surface area contributed by atoms with Gasteiger partial charge < -0.3 is 10.4 Å². The molecule has 1 aromatic carbocycles. The third-order valence-electron chi connectivity index (χ3n) is 1.45. The van der Waals surface area contributed by atoms with Gasteiger partial charge in [0.05, 0.1) is 15.7 Å². The minimum absolute atomic E-state index is 0.0555. The lowest BCUT2D eigenvalue weighted by Crippen LogP contribution is -2.06. The predicted octanol–water partition coefficient (Wildman–Crippen LogP) is 3.31. The van der Waals surface area contributed by atoms with Crippen LogP contribution in [0.5, 0.6) is 5.75 Å². The molecule has 0 atom stereocenters. The van der Waals surface area contributed by atoms with E-state index in [-0.39, 0.29) is 32.4 Å². The highest BCUT2D eigenvalue weighted by Gasteiger charge is 2.14. The molecule has 14 heavy (non-hydrogen) atoms. The Bertz CT molecular complexity index is 393. The van der Waals surface area contributed by atoms with E-state index in [1.165, 1.54) is 13.0 Å². The molecule has 2 N–H and O–H groups in total. The van der Waals surface area contributed by atoms with Crippen LogP contribution in [0, 0.1) is 0 Å². The Hall–Kier alpha value is -0.640. The van der Waals surface area contributed by atoms with E-state index in [9.17, 15) is 9.90 Å². The molecule has 3 nitrogen and oxygen atoms in total. The van der Waals surface area contributed by atoms with Crippen LogP contribution in [0.2, 0.25) is 15.1 Å². The zero-order chi connectivity index (χ0) is 10.9. The number of rotatable bonds is 1. The van der Waals surface area contributed by atoms with Crippen molar-refractivity contribution in [1.82, 2.24) is 0 Å². The van der Waals surface area contributed by atoms with Gasteiger partial charge in [-0.1, -0.05) is 34.8 Å². The molecule has 0 unspecified atom stereocenters. The van der Waals surface area contributed by atoms with Gasteiger partial charge in [-0.3, -0.25) is 4.79 Å². The minimum atomic E-state index is -0.338. The average Bonchev–Trinajstić information content (AvgIpc) is 2.10. The Morgan fingerprint density at radius 3 is 2.43 bits per heavy atom. The number of aromatic hydroxyl groups is 1. The number of phenols is 1. The van der Waals surface area contributed by atoms with E-state index in [4.69, 9.17) is 34.8 Å². The number of anilines is 1. The normalized spacial score (nSPS) is 10.0. The maximum absolute atomic E-state index is 10.7. The third kappa shape index (κ3) is 2.23. The molecule has 0 heterocycles. The first-order valence-corrected chi connectivity index (χ1v) is 4.71. The molecule has 0 radical (unpaired) electrons. The lowest BCUT2D eigenvalue weighted by molar-refractivity contribution is -0.114. The Labute approximate surface area is 95.6 Å². The van der Waals surface area contributed by atoms with Crippen molar-refractivity contribution < 1.29 is 9.90 Å². The average molecular weight is 254 g/mol. The van der Waals surface area contributed by atoms with E-state index in [1.807, 2.05) is 0 Å². The van der Waals surface area contributed by atoms with E-state index in [0.717, 1.165) is 0 Å². The van der Waals surface area contributed by atoms with Crippen LogP contribution in [-0.4, -0.2) is 11.0 Å². The summed E-state index contributed by atoms with van der Waals surface area (Å²) in [5.74, 6) is -0.633. The molecule has 1 rings (SSSR count). The Balaban J connectivity index is 3.25. The molecule has 1 amide bonds. The summed E-state index contributed by atoms with van der Waals surface area (Å²) < 4.78 is 0. The summed E-state index contributed by atoms with van der Waals surface area (Å²) in [5, 5.41) is 12.0. The molecule has 0 saturated heterocycles. The number of amides is 1. The Morgan fingerprint density at radius 1 is 1.36 bits per heavy atom. The van der Waals surface area contributed by atoms with Crippen LogP contribution in [-0.2, 0) is 4.79 Å². The third-order valence-corrected chi connectivity index (χ3v) is 2.70. The van der Waals surface area contributed by atoms with Gasteiger partial charge in [0.1, 0.15) is 5.02 Å². The summed E-state index contributed by atoms with van der Waals surface area (Å²) in [6.45, 7) is 1.30. The topological polar surface area (TPSA) is 49.3 Å². The number of carbonyl (C=O) groups is 1. The van der Waals surface area contributed by atoms with Gasteiger partial charge in [0.15, 0.2) is 5.75 Å². The molecule has 0 aliphatic heterocycles. The number of benzene rings is 1. The number of carbonyl (C=O) groups excluding carboxylic acids is 1. The van der Waals surface area contributed by atoms with Crippen molar-refractivity contribution in [1.29, 1.82) is 0 Å². The van der Waals surface area contributed by atoms with Crippen LogP contribution < -0.4 is 5.32 Å². The first kappa shape index (κ1) is 11.4. The van der Waals surface area contributed by atoms with E-state index in [1.54, 1.807) is 0 Å². The number of hydrogen-bond acceptors (Lipinski definition) is 2. The molecule has 0 bridgehead atoms. The van der Waals surface area contributed by atoms with Crippen molar-refractivity contribution in [3.63, 3.8) is 0 Å². The second-order valence-electron chi connectivity index (χ2n) is 2.56. The van der Waals surface area contributed by atoms with E-state index in [2.05, 4.69) is 5.32 Å². The Kier molecular flexibility index (Phi) is 3.48. The number of phenolic OH excluding ortho intramolecular Hbond substituents is 1. The first-order chi connectivity index (χ1) is 6.43. The lowest BCUT2D eigenvalue weighted by Gasteiger charge is -2.08. The van der Waals surface area contributed by atoms with Gasteiger partial charge in [-0.2, -0.15) is 0 Å². The molecule has 76 valence electrons.